The molecule has 14 heavy (non-hydrogen) atoms. The first kappa shape index (κ1) is 11.3. The Morgan fingerprint density at radius 2 is 2.29 bits per heavy atom. The second-order valence-electron chi connectivity index (χ2n) is 3.93. The maximum Gasteiger partial charge on any atom is 0.409 e. The second kappa shape index (κ2) is 4.14. The van der Waals surface area contributed by atoms with Crippen molar-refractivity contribution in [3.63, 3.8) is 0 Å². The van der Waals surface area contributed by atoms with Crippen molar-refractivity contribution in [1.82, 2.24) is 4.90 Å². The summed E-state index contributed by atoms with van der Waals surface area (Å²) in [7, 11) is 0. The predicted octanol–water partition coefficient (Wildman–Crippen LogP) is 0.874. The van der Waals surface area contributed by atoms with Crippen LogP contribution in [0.15, 0.2) is 0 Å². The maximum absolute atomic E-state index is 11.0. The fraction of sp³-hybridized carbons (Fsp3) is 0.889. The molecule has 1 fully saturated rings. The highest BCUT2D eigenvalue weighted by molar-refractivity contribution is 5.66. The Labute approximate surface area is 83.3 Å². The average Bonchev–Trinajstić information content (AvgIpc) is 2.37. The molecule has 0 radical (unpaired) electrons. The van der Waals surface area contributed by atoms with Crippen LogP contribution in [0.5, 0.6) is 0 Å². The Morgan fingerprint density at radius 3 is 2.79 bits per heavy atom. The number of hydrogen-bond acceptors (Lipinski definition) is 3. The molecule has 2 N–H and O–H groups in total. The van der Waals surface area contributed by atoms with E-state index in [2.05, 4.69) is 0 Å². The van der Waals surface area contributed by atoms with E-state index < -0.39 is 11.8 Å². The molecule has 0 aromatic carbocycles. The lowest BCUT2D eigenvalue weighted by Gasteiger charge is -2.30. The van der Waals surface area contributed by atoms with Crippen molar-refractivity contribution < 1.29 is 19.7 Å². The minimum atomic E-state index is -0.963. The van der Waals surface area contributed by atoms with Crippen molar-refractivity contribution in [2.24, 2.45) is 0 Å². The van der Waals surface area contributed by atoms with Gasteiger partial charge in [-0.1, -0.05) is 0 Å². The van der Waals surface area contributed by atoms with E-state index in [9.17, 15) is 4.79 Å². The van der Waals surface area contributed by atoms with Gasteiger partial charge in [-0.15, -0.1) is 0 Å². The van der Waals surface area contributed by atoms with E-state index in [-0.39, 0.29) is 12.6 Å². The number of carbonyl (C=O) groups is 1. The number of amides is 1. The van der Waals surface area contributed by atoms with E-state index in [1.807, 2.05) is 0 Å². The Hall–Kier alpha value is -0.810. The highest BCUT2D eigenvalue weighted by atomic mass is 16.5. The highest BCUT2D eigenvalue weighted by Crippen LogP contribution is 2.29. The molecular formula is C9H17NO4. The third-order valence-corrected chi connectivity index (χ3v) is 2.48. The second-order valence-corrected chi connectivity index (χ2v) is 3.93. The number of carboxylic acid groups (broad SMARTS) is 1. The van der Waals surface area contributed by atoms with Gasteiger partial charge in [0.2, 0.25) is 0 Å². The molecule has 0 unspecified atom stereocenters. The van der Waals surface area contributed by atoms with E-state index in [0.717, 1.165) is 0 Å². The minimum Gasteiger partial charge on any atom is -0.465 e. The molecule has 1 amide bonds. The molecule has 1 aliphatic rings. The van der Waals surface area contributed by atoms with Crippen LogP contribution in [0.3, 0.4) is 0 Å². The van der Waals surface area contributed by atoms with Gasteiger partial charge < -0.3 is 14.9 Å². The Kier molecular flexibility index (Phi) is 3.34. The molecule has 1 saturated heterocycles. The Balaban J connectivity index is 2.64. The number of ether oxygens (including phenoxy) is 1. The Bertz CT molecular complexity index is 217. The summed E-state index contributed by atoms with van der Waals surface area (Å²) in [6, 6.07) is -0.130. The van der Waals surface area contributed by atoms with Crippen LogP contribution in [-0.2, 0) is 4.74 Å². The van der Waals surface area contributed by atoms with Crippen LogP contribution in [0.2, 0.25) is 0 Å². The summed E-state index contributed by atoms with van der Waals surface area (Å²) >= 11 is 0. The third-order valence-electron chi connectivity index (χ3n) is 2.48. The minimum absolute atomic E-state index is 0.0877. The van der Waals surface area contributed by atoms with Crippen LogP contribution < -0.4 is 0 Å². The molecule has 0 aliphatic carbocycles. The van der Waals surface area contributed by atoms with Gasteiger partial charge in [0.05, 0.1) is 12.6 Å². The van der Waals surface area contributed by atoms with Crippen molar-refractivity contribution in [3.8, 4) is 0 Å². The number of nitrogens with zero attached hydrogens (tertiary/aromatic N) is 1. The van der Waals surface area contributed by atoms with Crippen LogP contribution in [0.1, 0.15) is 26.7 Å². The van der Waals surface area contributed by atoms with Gasteiger partial charge in [0, 0.05) is 6.61 Å². The van der Waals surface area contributed by atoms with Crippen LogP contribution in [0, 0.1) is 0 Å². The molecule has 0 saturated carbocycles. The number of aliphatic hydroxyl groups is 1. The lowest BCUT2D eigenvalue weighted by Crippen LogP contribution is -2.47. The van der Waals surface area contributed by atoms with Crippen molar-refractivity contribution in [1.29, 1.82) is 0 Å². The zero-order valence-corrected chi connectivity index (χ0v) is 8.56. The molecule has 0 spiro atoms. The highest BCUT2D eigenvalue weighted by Gasteiger charge is 2.43. The van der Waals surface area contributed by atoms with Crippen LogP contribution >= 0.6 is 0 Å². The lowest BCUT2D eigenvalue weighted by molar-refractivity contribution is -0.0422. The normalized spacial score (nSPS) is 25.4. The first-order chi connectivity index (χ1) is 6.49. The summed E-state index contributed by atoms with van der Waals surface area (Å²) in [4.78, 5) is 12.3. The van der Waals surface area contributed by atoms with Gasteiger partial charge in [-0.25, -0.2) is 4.79 Å². The number of hydrogen-bond donors (Lipinski definition) is 2. The largest absolute Gasteiger partial charge is 0.465 e. The molecule has 0 aromatic heterocycles. The molecular weight excluding hydrogens is 186 g/mol. The van der Waals surface area contributed by atoms with Crippen LogP contribution in [0.4, 0.5) is 4.79 Å². The Morgan fingerprint density at radius 1 is 1.64 bits per heavy atom. The van der Waals surface area contributed by atoms with E-state index in [1.54, 1.807) is 13.8 Å². The molecule has 82 valence electrons. The summed E-state index contributed by atoms with van der Waals surface area (Å²) in [6.07, 6.45) is 0.288. The van der Waals surface area contributed by atoms with E-state index in [0.29, 0.717) is 19.4 Å². The zero-order chi connectivity index (χ0) is 10.8. The van der Waals surface area contributed by atoms with Gasteiger partial charge in [0.15, 0.2) is 0 Å². The number of rotatable bonds is 3. The first-order valence-corrected chi connectivity index (χ1v) is 4.76. The van der Waals surface area contributed by atoms with Gasteiger partial charge >= 0.3 is 6.09 Å². The average molecular weight is 203 g/mol. The molecule has 5 nitrogen and oxygen atoms in total. The monoisotopic (exact) mass is 203 g/mol. The predicted molar refractivity (Wildman–Crippen MR) is 50.0 cm³/mol. The zero-order valence-electron chi connectivity index (χ0n) is 8.56. The van der Waals surface area contributed by atoms with E-state index in [1.165, 1.54) is 4.90 Å². The van der Waals surface area contributed by atoms with Crippen molar-refractivity contribution >= 4 is 6.09 Å². The molecule has 5 heteroatoms. The topological polar surface area (TPSA) is 70.0 Å². The fourth-order valence-corrected chi connectivity index (χ4v) is 1.81. The standard InChI is InChI=1S/C9H17NO4/c1-9(2)10(8(12)13)7(6-14-9)4-3-5-11/h7,11H,3-6H2,1-2H3,(H,12,13)/t7-/m0/s1. The molecule has 1 aliphatic heterocycles. The quantitative estimate of drug-likeness (QED) is 0.714. The summed E-state index contributed by atoms with van der Waals surface area (Å²) in [5.41, 5.74) is -0.744. The molecule has 0 aromatic rings. The van der Waals surface area contributed by atoms with Crippen molar-refractivity contribution in [2.45, 2.75) is 38.5 Å². The lowest BCUT2D eigenvalue weighted by atomic mass is 10.1. The molecule has 0 bridgehead atoms. The van der Waals surface area contributed by atoms with E-state index in [4.69, 9.17) is 14.9 Å². The van der Waals surface area contributed by atoms with Crippen LogP contribution in [-0.4, -0.2) is 46.2 Å². The van der Waals surface area contributed by atoms with E-state index >= 15 is 0 Å². The third kappa shape index (κ3) is 2.16. The molecule has 1 rings (SSSR count). The first-order valence-electron chi connectivity index (χ1n) is 4.76. The SMILES string of the molecule is CC1(C)OC[C@H](CCCO)N1C(=O)O. The van der Waals surface area contributed by atoms with Crippen molar-refractivity contribution in [2.75, 3.05) is 13.2 Å². The molecule has 1 atom stereocenters. The summed E-state index contributed by atoms with van der Waals surface area (Å²) < 4.78 is 5.39. The smallest absolute Gasteiger partial charge is 0.409 e. The summed E-state index contributed by atoms with van der Waals surface area (Å²) in [5, 5.41) is 17.7. The van der Waals surface area contributed by atoms with Crippen molar-refractivity contribution in [3.05, 3.63) is 0 Å². The maximum atomic E-state index is 11.0. The summed E-state index contributed by atoms with van der Waals surface area (Å²) in [5.74, 6) is 0. The summed E-state index contributed by atoms with van der Waals surface area (Å²) in [6.45, 7) is 3.98. The number of aliphatic hydroxyl groups excluding tert-OH is 1. The van der Waals surface area contributed by atoms with Gasteiger partial charge in [0.25, 0.3) is 0 Å². The van der Waals surface area contributed by atoms with Gasteiger partial charge in [-0.2, -0.15) is 0 Å². The fourth-order valence-electron chi connectivity index (χ4n) is 1.81. The van der Waals surface area contributed by atoms with Gasteiger partial charge in [0.1, 0.15) is 5.72 Å². The van der Waals surface area contributed by atoms with Crippen LogP contribution in [0.25, 0.3) is 0 Å². The van der Waals surface area contributed by atoms with Gasteiger partial charge in [-0.3, -0.25) is 4.90 Å². The molecule has 1 heterocycles. The van der Waals surface area contributed by atoms with Gasteiger partial charge in [-0.05, 0) is 26.7 Å².